The quantitative estimate of drug-likeness (QED) is 0.838. The highest BCUT2D eigenvalue weighted by Gasteiger charge is 2.27. The molecule has 1 aromatic rings. The Morgan fingerprint density at radius 1 is 1.56 bits per heavy atom. The lowest BCUT2D eigenvalue weighted by molar-refractivity contribution is -0.133. The highest BCUT2D eigenvalue weighted by Crippen LogP contribution is 2.37. The second kappa shape index (κ2) is 6.47. The van der Waals surface area contributed by atoms with Crippen LogP contribution in [0.3, 0.4) is 0 Å². The summed E-state index contributed by atoms with van der Waals surface area (Å²) >= 11 is 3.13. The van der Waals surface area contributed by atoms with Crippen LogP contribution in [-0.4, -0.2) is 43.1 Å². The minimum absolute atomic E-state index is 0.0371. The normalized spacial score (nSPS) is 24.1. The fraction of sp³-hybridized carbons (Fsp3) is 0.727. The topological polar surface area (TPSA) is 68.0 Å². The molecule has 100 valence electrons. The number of hydrogen-bond donors (Lipinski definition) is 1. The zero-order valence-corrected chi connectivity index (χ0v) is 11.9. The first kappa shape index (κ1) is 13.7. The van der Waals surface area contributed by atoms with Gasteiger partial charge in [-0.25, -0.2) is 0 Å². The van der Waals surface area contributed by atoms with E-state index in [0.29, 0.717) is 11.3 Å². The Morgan fingerprint density at radius 3 is 3.06 bits per heavy atom. The Bertz CT molecular complexity index is 411. The Balaban J connectivity index is 2.11. The number of aromatic nitrogens is 3. The van der Waals surface area contributed by atoms with Gasteiger partial charge in [-0.2, -0.15) is 11.8 Å². The number of nitrogens with zero attached hydrogens (tertiary/aromatic N) is 3. The average Bonchev–Trinajstić information content (AvgIpc) is 2.84. The van der Waals surface area contributed by atoms with Crippen molar-refractivity contribution in [3.63, 3.8) is 0 Å². The van der Waals surface area contributed by atoms with E-state index in [1.807, 2.05) is 11.8 Å². The summed E-state index contributed by atoms with van der Waals surface area (Å²) in [6, 6.07) is 0.403. The van der Waals surface area contributed by atoms with Gasteiger partial charge in [-0.15, -0.1) is 10.2 Å². The lowest BCUT2D eigenvalue weighted by atomic mass is 9.95. The predicted molar refractivity (Wildman–Crippen MR) is 73.2 cm³/mol. The molecule has 7 heteroatoms. The molecule has 0 spiro atoms. The van der Waals surface area contributed by atoms with Crippen molar-refractivity contribution in [3.8, 4) is 0 Å². The van der Waals surface area contributed by atoms with Gasteiger partial charge >= 0.3 is 5.97 Å². The van der Waals surface area contributed by atoms with Crippen LogP contribution < -0.4 is 0 Å². The van der Waals surface area contributed by atoms with Crippen LogP contribution in [0.4, 0.5) is 0 Å². The lowest BCUT2D eigenvalue weighted by Gasteiger charge is -2.31. The van der Waals surface area contributed by atoms with Gasteiger partial charge in [0.2, 0.25) is 0 Å². The fourth-order valence-corrected chi connectivity index (χ4v) is 4.03. The van der Waals surface area contributed by atoms with Gasteiger partial charge in [0, 0.05) is 11.3 Å². The maximum absolute atomic E-state index is 10.6. The highest BCUT2D eigenvalue weighted by atomic mass is 32.2. The first-order valence-electron chi connectivity index (χ1n) is 5.99. The molecule has 1 heterocycles. The van der Waals surface area contributed by atoms with Crippen LogP contribution in [0.1, 0.15) is 31.7 Å². The number of hydrogen-bond acceptors (Lipinski definition) is 5. The zero-order chi connectivity index (χ0) is 13.0. The van der Waals surface area contributed by atoms with Crippen LogP contribution in [0.25, 0.3) is 0 Å². The second-order valence-electron chi connectivity index (χ2n) is 4.33. The van der Waals surface area contributed by atoms with Gasteiger partial charge in [-0.05, 0) is 19.1 Å². The number of carbonyl (C=O) groups is 1. The molecule has 1 aliphatic rings. The summed E-state index contributed by atoms with van der Waals surface area (Å²) in [5, 5.41) is 18.0. The van der Waals surface area contributed by atoms with Crippen molar-refractivity contribution in [2.24, 2.45) is 0 Å². The van der Waals surface area contributed by atoms with Gasteiger partial charge in [-0.3, -0.25) is 4.79 Å². The number of carboxylic acids is 1. The van der Waals surface area contributed by atoms with E-state index in [1.54, 1.807) is 6.33 Å². The molecule has 0 bridgehead atoms. The van der Waals surface area contributed by atoms with Crippen molar-refractivity contribution in [1.82, 2.24) is 14.8 Å². The van der Waals surface area contributed by atoms with Crippen molar-refractivity contribution >= 4 is 29.5 Å². The van der Waals surface area contributed by atoms with Gasteiger partial charge < -0.3 is 9.67 Å². The molecule has 1 saturated carbocycles. The Hall–Kier alpha value is -0.690. The summed E-state index contributed by atoms with van der Waals surface area (Å²) in [6.07, 6.45) is 8.72. The van der Waals surface area contributed by atoms with Crippen LogP contribution in [0, 0.1) is 0 Å². The molecule has 2 unspecified atom stereocenters. The molecular formula is C11H17N3O2S2. The Kier molecular flexibility index (Phi) is 4.94. The minimum atomic E-state index is -0.820. The maximum Gasteiger partial charge on any atom is 0.313 e. The van der Waals surface area contributed by atoms with E-state index in [9.17, 15) is 4.79 Å². The molecular weight excluding hydrogens is 270 g/mol. The lowest BCUT2D eigenvalue weighted by Crippen LogP contribution is -2.25. The third-order valence-electron chi connectivity index (χ3n) is 3.19. The predicted octanol–water partition coefficient (Wildman–Crippen LogP) is 2.30. The van der Waals surface area contributed by atoms with Gasteiger partial charge in [0.1, 0.15) is 6.33 Å². The molecule has 0 aliphatic heterocycles. The summed E-state index contributed by atoms with van der Waals surface area (Å²) in [7, 11) is 0. The molecule has 1 fully saturated rings. The number of rotatable bonds is 5. The Labute approximate surface area is 115 Å². The Morgan fingerprint density at radius 2 is 2.33 bits per heavy atom. The van der Waals surface area contributed by atoms with E-state index in [2.05, 4.69) is 21.0 Å². The molecule has 18 heavy (non-hydrogen) atoms. The van der Waals surface area contributed by atoms with Crippen molar-refractivity contribution in [2.45, 2.75) is 42.1 Å². The van der Waals surface area contributed by atoms with E-state index in [0.717, 1.165) is 11.6 Å². The molecule has 5 nitrogen and oxygen atoms in total. The first-order valence-corrected chi connectivity index (χ1v) is 8.26. The summed E-state index contributed by atoms with van der Waals surface area (Å²) < 4.78 is 2.06. The second-order valence-corrected chi connectivity index (χ2v) is 6.35. The van der Waals surface area contributed by atoms with Gasteiger partial charge in [0.15, 0.2) is 5.16 Å². The van der Waals surface area contributed by atoms with Gasteiger partial charge in [-0.1, -0.05) is 24.6 Å². The average molecular weight is 287 g/mol. The van der Waals surface area contributed by atoms with Crippen molar-refractivity contribution < 1.29 is 9.90 Å². The van der Waals surface area contributed by atoms with Crippen LogP contribution in [0.2, 0.25) is 0 Å². The van der Waals surface area contributed by atoms with E-state index < -0.39 is 5.97 Å². The van der Waals surface area contributed by atoms with Gasteiger partial charge in [0.05, 0.1) is 5.75 Å². The fourth-order valence-electron chi connectivity index (χ4n) is 2.36. The van der Waals surface area contributed by atoms with Crippen molar-refractivity contribution in [1.29, 1.82) is 0 Å². The summed E-state index contributed by atoms with van der Waals surface area (Å²) in [5.74, 6) is -0.783. The molecule has 2 rings (SSSR count). The minimum Gasteiger partial charge on any atom is -0.481 e. The van der Waals surface area contributed by atoms with Crippen LogP contribution in [0.5, 0.6) is 0 Å². The molecule has 1 aromatic heterocycles. The number of aliphatic carboxylic acids is 1. The summed E-state index contributed by atoms with van der Waals surface area (Å²) in [5.41, 5.74) is 0. The van der Waals surface area contributed by atoms with Crippen molar-refractivity contribution in [2.75, 3.05) is 12.0 Å². The molecule has 0 saturated heterocycles. The smallest absolute Gasteiger partial charge is 0.313 e. The molecule has 0 amide bonds. The molecule has 2 atom stereocenters. The van der Waals surface area contributed by atoms with E-state index in [-0.39, 0.29) is 5.75 Å². The SMILES string of the molecule is CSC1CCCCC1n1cnnc1SCC(=O)O. The third kappa shape index (κ3) is 3.20. The van der Waals surface area contributed by atoms with E-state index >= 15 is 0 Å². The largest absolute Gasteiger partial charge is 0.481 e. The summed E-state index contributed by atoms with van der Waals surface area (Å²) in [4.78, 5) is 10.6. The van der Waals surface area contributed by atoms with Crippen LogP contribution in [0.15, 0.2) is 11.5 Å². The number of thioether (sulfide) groups is 2. The van der Waals surface area contributed by atoms with Crippen LogP contribution >= 0.6 is 23.5 Å². The van der Waals surface area contributed by atoms with E-state index in [4.69, 9.17) is 5.11 Å². The van der Waals surface area contributed by atoms with Crippen molar-refractivity contribution in [3.05, 3.63) is 6.33 Å². The molecule has 1 aliphatic carbocycles. The van der Waals surface area contributed by atoms with E-state index in [1.165, 1.54) is 31.0 Å². The zero-order valence-electron chi connectivity index (χ0n) is 10.3. The van der Waals surface area contributed by atoms with Gasteiger partial charge in [0.25, 0.3) is 0 Å². The monoisotopic (exact) mass is 287 g/mol. The highest BCUT2D eigenvalue weighted by molar-refractivity contribution is 7.99. The summed E-state index contributed by atoms with van der Waals surface area (Å²) in [6.45, 7) is 0. The third-order valence-corrected chi connectivity index (χ3v) is 5.29. The maximum atomic E-state index is 10.6. The number of carboxylic acid groups (broad SMARTS) is 1. The first-order chi connectivity index (χ1) is 8.72. The standard InChI is InChI=1S/C11H17N3O2S2/c1-17-9-5-3-2-4-8(9)14-7-12-13-11(14)18-6-10(15)16/h7-9H,2-6H2,1H3,(H,15,16). The molecule has 1 N–H and O–H groups in total. The molecule has 0 radical (unpaired) electrons. The molecule has 0 aromatic carbocycles. The van der Waals surface area contributed by atoms with Crippen LogP contribution in [-0.2, 0) is 4.79 Å².